The SMILES string of the molecule is Nc1cc(F)cc(C(=O)N2CCc3ccccc3CC2)c1. The van der Waals surface area contributed by atoms with Crippen LogP contribution in [0.1, 0.15) is 21.5 Å². The molecule has 0 atom stereocenters. The van der Waals surface area contributed by atoms with Crippen LogP contribution in [0.3, 0.4) is 0 Å². The molecule has 0 bridgehead atoms. The molecule has 3 nitrogen and oxygen atoms in total. The van der Waals surface area contributed by atoms with Crippen molar-refractivity contribution in [3.05, 3.63) is 65.0 Å². The van der Waals surface area contributed by atoms with Crippen LogP contribution in [0.2, 0.25) is 0 Å². The van der Waals surface area contributed by atoms with Crippen LogP contribution in [0.5, 0.6) is 0 Å². The van der Waals surface area contributed by atoms with Gasteiger partial charge in [-0.1, -0.05) is 24.3 Å². The smallest absolute Gasteiger partial charge is 0.254 e. The van der Waals surface area contributed by atoms with Gasteiger partial charge in [-0.05, 0) is 42.2 Å². The Balaban J connectivity index is 1.80. The third-order valence-electron chi connectivity index (χ3n) is 3.87. The van der Waals surface area contributed by atoms with E-state index in [1.165, 1.54) is 29.3 Å². The minimum Gasteiger partial charge on any atom is -0.399 e. The molecule has 0 radical (unpaired) electrons. The number of fused-ring (bicyclic) bond motifs is 1. The Hall–Kier alpha value is -2.36. The molecule has 1 aliphatic rings. The van der Waals surface area contributed by atoms with Crippen molar-refractivity contribution in [2.24, 2.45) is 0 Å². The van der Waals surface area contributed by atoms with Crippen molar-refractivity contribution in [1.82, 2.24) is 4.90 Å². The second kappa shape index (κ2) is 5.56. The summed E-state index contributed by atoms with van der Waals surface area (Å²) in [5.74, 6) is -0.634. The van der Waals surface area contributed by atoms with E-state index in [0.29, 0.717) is 18.7 Å². The van der Waals surface area contributed by atoms with E-state index in [0.717, 1.165) is 12.8 Å². The van der Waals surface area contributed by atoms with Crippen molar-refractivity contribution < 1.29 is 9.18 Å². The van der Waals surface area contributed by atoms with Gasteiger partial charge >= 0.3 is 0 Å². The molecule has 1 amide bonds. The van der Waals surface area contributed by atoms with E-state index in [1.54, 1.807) is 4.90 Å². The third-order valence-corrected chi connectivity index (χ3v) is 3.87. The number of halogens is 1. The summed E-state index contributed by atoms with van der Waals surface area (Å²) in [6, 6.07) is 12.2. The Bertz CT molecular complexity index is 637. The van der Waals surface area contributed by atoms with Gasteiger partial charge in [-0.25, -0.2) is 4.39 Å². The molecular weight excluding hydrogens is 267 g/mol. The number of nitrogens with zero attached hydrogens (tertiary/aromatic N) is 1. The summed E-state index contributed by atoms with van der Waals surface area (Å²) in [6.07, 6.45) is 1.65. The number of nitrogens with two attached hydrogens (primary N) is 1. The average molecular weight is 284 g/mol. The minimum absolute atomic E-state index is 0.158. The molecule has 1 heterocycles. The first-order chi connectivity index (χ1) is 10.1. The van der Waals surface area contributed by atoms with Crippen molar-refractivity contribution in [3.63, 3.8) is 0 Å². The van der Waals surface area contributed by atoms with Gasteiger partial charge in [-0.2, -0.15) is 0 Å². The highest BCUT2D eigenvalue weighted by Crippen LogP contribution is 2.18. The van der Waals surface area contributed by atoms with Gasteiger partial charge in [0.25, 0.3) is 5.91 Å². The predicted octanol–water partition coefficient (Wildman–Crippen LogP) is 2.65. The summed E-state index contributed by atoms with van der Waals surface area (Å²) < 4.78 is 13.4. The van der Waals surface area contributed by atoms with Gasteiger partial charge in [0.15, 0.2) is 0 Å². The van der Waals surface area contributed by atoms with E-state index in [-0.39, 0.29) is 11.6 Å². The molecule has 3 rings (SSSR count). The van der Waals surface area contributed by atoms with E-state index < -0.39 is 5.82 Å². The molecule has 0 saturated heterocycles. The molecule has 0 aliphatic carbocycles. The highest BCUT2D eigenvalue weighted by Gasteiger charge is 2.20. The number of anilines is 1. The first kappa shape index (κ1) is 13.6. The van der Waals surface area contributed by atoms with E-state index in [9.17, 15) is 9.18 Å². The zero-order chi connectivity index (χ0) is 14.8. The van der Waals surface area contributed by atoms with Gasteiger partial charge in [-0.15, -0.1) is 0 Å². The molecule has 0 fully saturated rings. The molecule has 0 aromatic heterocycles. The summed E-state index contributed by atoms with van der Waals surface area (Å²) in [5, 5.41) is 0. The number of nitrogen functional groups attached to an aromatic ring is 1. The van der Waals surface area contributed by atoms with E-state index >= 15 is 0 Å². The summed E-state index contributed by atoms with van der Waals surface area (Å²) in [7, 11) is 0. The number of carbonyl (C=O) groups is 1. The molecule has 4 heteroatoms. The summed E-state index contributed by atoms with van der Waals surface area (Å²) in [5.41, 5.74) is 8.78. The first-order valence-electron chi connectivity index (χ1n) is 7.05. The summed E-state index contributed by atoms with van der Waals surface area (Å²) in [4.78, 5) is 14.3. The standard InChI is InChI=1S/C17H17FN2O/c18-15-9-14(10-16(19)11-15)17(21)20-7-5-12-3-1-2-4-13(12)6-8-20/h1-4,9-11H,5-8,19H2. The largest absolute Gasteiger partial charge is 0.399 e. The fraction of sp³-hybridized carbons (Fsp3) is 0.235. The van der Waals surface area contributed by atoms with Crippen LogP contribution in [0.4, 0.5) is 10.1 Å². The monoisotopic (exact) mass is 284 g/mol. The van der Waals surface area contributed by atoms with Gasteiger partial charge in [0.2, 0.25) is 0 Å². The number of hydrogen-bond donors (Lipinski definition) is 1. The van der Waals surface area contributed by atoms with Crippen LogP contribution in [0, 0.1) is 5.82 Å². The van der Waals surface area contributed by atoms with Gasteiger partial charge < -0.3 is 10.6 Å². The summed E-state index contributed by atoms with van der Waals surface area (Å²) in [6.45, 7) is 1.29. The maximum absolute atomic E-state index is 13.4. The average Bonchev–Trinajstić information content (AvgIpc) is 2.68. The minimum atomic E-state index is -0.476. The van der Waals surface area contributed by atoms with Gasteiger partial charge in [-0.3, -0.25) is 4.79 Å². The molecule has 0 unspecified atom stereocenters. The second-order valence-electron chi connectivity index (χ2n) is 5.33. The molecule has 1 aliphatic heterocycles. The number of benzene rings is 2. The fourth-order valence-electron chi connectivity index (χ4n) is 2.79. The molecule has 0 spiro atoms. The van der Waals surface area contributed by atoms with Crippen molar-refractivity contribution >= 4 is 11.6 Å². The Morgan fingerprint density at radius 3 is 2.24 bits per heavy atom. The van der Waals surface area contributed by atoms with E-state index in [1.807, 2.05) is 12.1 Å². The summed E-state index contributed by atoms with van der Waals surface area (Å²) >= 11 is 0. The van der Waals surface area contributed by atoms with E-state index in [2.05, 4.69) is 12.1 Å². The molecule has 21 heavy (non-hydrogen) atoms. The molecule has 108 valence electrons. The zero-order valence-electron chi connectivity index (χ0n) is 11.7. The second-order valence-corrected chi connectivity index (χ2v) is 5.33. The lowest BCUT2D eigenvalue weighted by Gasteiger charge is -2.20. The van der Waals surface area contributed by atoms with Crippen LogP contribution in [-0.2, 0) is 12.8 Å². The van der Waals surface area contributed by atoms with Crippen molar-refractivity contribution in [2.45, 2.75) is 12.8 Å². The highest BCUT2D eigenvalue weighted by molar-refractivity contribution is 5.95. The fourth-order valence-corrected chi connectivity index (χ4v) is 2.79. The Morgan fingerprint density at radius 1 is 1.05 bits per heavy atom. The Morgan fingerprint density at radius 2 is 1.67 bits per heavy atom. The number of amides is 1. The molecular formula is C17H17FN2O. The highest BCUT2D eigenvalue weighted by atomic mass is 19.1. The zero-order valence-corrected chi connectivity index (χ0v) is 11.7. The maximum atomic E-state index is 13.4. The lowest BCUT2D eigenvalue weighted by atomic mass is 10.0. The lowest BCUT2D eigenvalue weighted by molar-refractivity contribution is 0.0762. The maximum Gasteiger partial charge on any atom is 0.254 e. The normalized spacial score (nSPS) is 14.4. The van der Waals surface area contributed by atoms with Crippen molar-refractivity contribution in [3.8, 4) is 0 Å². The van der Waals surface area contributed by atoms with Crippen LogP contribution < -0.4 is 5.73 Å². The van der Waals surface area contributed by atoms with Gasteiger partial charge in [0.1, 0.15) is 5.82 Å². The van der Waals surface area contributed by atoms with Crippen LogP contribution >= 0.6 is 0 Å². The van der Waals surface area contributed by atoms with Crippen LogP contribution in [0.25, 0.3) is 0 Å². The van der Waals surface area contributed by atoms with E-state index in [4.69, 9.17) is 5.73 Å². The quantitative estimate of drug-likeness (QED) is 0.818. The van der Waals surface area contributed by atoms with Crippen molar-refractivity contribution in [2.75, 3.05) is 18.8 Å². The predicted molar refractivity (Wildman–Crippen MR) is 80.6 cm³/mol. The van der Waals surface area contributed by atoms with Gasteiger partial charge in [0.05, 0.1) is 0 Å². The first-order valence-corrected chi connectivity index (χ1v) is 7.05. The molecule has 0 saturated carbocycles. The third kappa shape index (κ3) is 2.89. The number of hydrogen-bond acceptors (Lipinski definition) is 2. The topological polar surface area (TPSA) is 46.3 Å². The van der Waals surface area contributed by atoms with Crippen molar-refractivity contribution in [1.29, 1.82) is 0 Å². The van der Waals surface area contributed by atoms with Crippen LogP contribution in [-0.4, -0.2) is 23.9 Å². The molecule has 2 aromatic rings. The molecule has 2 aromatic carbocycles. The van der Waals surface area contributed by atoms with Crippen LogP contribution in [0.15, 0.2) is 42.5 Å². The lowest BCUT2D eigenvalue weighted by Crippen LogP contribution is -2.33. The number of carbonyl (C=O) groups excluding carboxylic acids is 1. The van der Waals surface area contributed by atoms with Gasteiger partial charge in [0, 0.05) is 24.3 Å². The Kier molecular flexibility index (Phi) is 3.60. The Labute approximate surface area is 123 Å². The number of rotatable bonds is 1. The molecule has 2 N–H and O–H groups in total.